The van der Waals surface area contributed by atoms with Crippen LogP contribution in [0.3, 0.4) is 0 Å². The van der Waals surface area contributed by atoms with Crippen LogP contribution in [0.4, 0.5) is 17.1 Å². The number of fused-ring (bicyclic) bond motifs is 5. The number of para-hydroxylation sites is 1. The molecule has 0 saturated heterocycles. The first-order chi connectivity index (χ1) is 31.7. The number of nitrogens with zero attached hydrogens (tertiary/aromatic N) is 1. The van der Waals surface area contributed by atoms with E-state index < -0.39 is 0 Å². The summed E-state index contributed by atoms with van der Waals surface area (Å²) in [5, 5.41) is 8.62. The Morgan fingerprint density at radius 3 is 1.52 bits per heavy atom. The van der Waals surface area contributed by atoms with Crippen LogP contribution in [0.1, 0.15) is 0 Å². The van der Waals surface area contributed by atoms with Crippen molar-refractivity contribution in [2.45, 2.75) is 0 Å². The second-order valence-electron chi connectivity index (χ2n) is 16.5. The SMILES string of the molecule is c1ccc(-c2c(-c3cccc(-c4ccc(-c5ccc(N(c6ccc(-c7cc8ccccc8c8ccccc78)cc6)c6ccc7ccccc7c6)cc5)cc4)c3)oc3ccccc23)cc1. The summed E-state index contributed by atoms with van der Waals surface area (Å²) in [6, 6.07) is 89.5. The van der Waals surface area contributed by atoms with Crippen molar-refractivity contribution >= 4 is 60.3 Å². The Morgan fingerprint density at radius 1 is 0.266 bits per heavy atom. The molecule has 300 valence electrons. The Morgan fingerprint density at radius 2 is 0.781 bits per heavy atom. The van der Waals surface area contributed by atoms with Crippen LogP contribution in [0.25, 0.3) is 99.1 Å². The molecule has 2 nitrogen and oxygen atoms in total. The van der Waals surface area contributed by atoms with Gasteiger partial charge in [0.15, 0.2) is 0 Å². The highest BCUT2D eigenvalue weighted by molar-refractivity contribution is 6.14. The molecule has 0 aliphatic heterocycles. The van der Waals surface area contributed by atoms with Gasteiger partial charge in [-0.2, -0.15) is 0 Å². The summed E-state index contributed by atoms with van der Waals surface area (Å²) in [4.78, 5) is 2.36. The van der Waals surface area contributed by atoms with Gasteiger partial charge in [-0.15, -0.1) is 0 Å². The summed E-state index contributed by atoms with van der Waals surface area (Å²) >= 11 is 0. The van der Waals surface area contributed by atoms with Gasteiger partial charge in [0.05, 0.1) is 0 Å². The monoisotopic (exact) mass is 815 g/mol. The smallest absolute Gasteiger partial charge is 0.143 e. The molecule has 0 N–H and O–H groups in total. The van der Waals surface area contributed by atoms with Crippen molar-refractivity contribution in [3.63, 3.8) is 0 Å². The van der Waals surface area contributed by atoms with E-state index in [0.717, 1.165) is 67.2 Å². The molecule has 0 fully saturated rings. The Hall–Kier alpha value is -8.46. The highest BCUT2D eigenvalue weighted by atomic mass is 16.3. The van der Waals surface area contributed by atoms with E-state index in [4.69, 9.17) is 4.42 Å². The zero-order valence-electron chi connectivity index (χ0n) is 35.0. The Kier molecular flexibility index (Phi) is 9.20. The van der Waals surface area contributed by atoms with Crippen LogP contribution < -0.4 is 4.90 Å². The zero-order chi connectivity index (χ0) is 42.4. The molecule has 0 amide bonds. The Bertz CT molecular complexity index is 3640. The number of furan rings is 1. The van der Waals surface area contributed by atoms with Crippen LogP contribution >= 0.6 is 0 Å². The maximum absolute atomic E-state index is 6.56. The fourth-order valence-electron chi connectivity index (χ4n) is 9.48. The van der Waals surface area contributed by atoms with Gasteiger partial charge in [-0.25, -0.2) is 0 Å². The predicted molar refractivity (Wildman–Crippen MR) is 271 cm³/mol. The molecule has 0 radical (unpaired) electrons. The summed E-state index contributed by atoms with van der Waals surface area (Å²) in [5.41, 5.74) is 14.6. The first-order valence-electron chi connectivity index (χ1n) is 21.9. The Labute approximate surface area is 372 Å². The van der Waals surface area contributed by atoms with E-state index in [9.17, 15) is 0 Å². The molecule has 12 aromatic rings. The molecule has 0 atom stereocenters. The highest BCUT2D eigenvalue weighted by Crippen LogP contribution is 2.43. The molecule has 12 rings (SSSR count). The molecule has 0 spiro atoms. The molecule has 64 heavy (non-hydrogen) atoms. The maximum atomic E-state index is 6.56. The van der Waals surface area contributed by atoms with Crippen LogP contribution in [-0.4, -0.2) is 0 Å². The minimum absolute atomic E-state index is 0.887. The average Bonchev–Trinajstić information content (AvgIpc) is 3.77. The summed E-state index contributed by atoms with van der Waals surface area (Å²) in [7, 11) is 0. The third kappa shape index (κ3) is 6.70. The molecule has 0 bridgehead atoms. The van der Waals surface area contributed by atoms with Gasteiger partial charge in [0.2, 0.25) is 0 Å². The lowest BCUT2D eigenvalue weighted by Gasteiger charge is -2.26. The first-order valence-corrected chi connectivity index (χ1v) is 21.9. The third-order valence-electron chi connectivity index (χ3n) is 12.7. The molecule has 0 aliphatic carbocycles. The van der Waals surface area contributed by atoms with Crippen LogP contribution in [0.2, 0.25) is 0 Å². The van der Waals surface area contributed by atoms with E-state index in [0.29, 0.717) is 0 Å². The second-order valence-corrected chi connectivity index (χ2v) is 16.5. The minimum Gasteiger partial charge on any atom is -0.455 e. The van der Waals surface area contributed by atoms with Gasteiger partial charge in [-0.1, -0.05) is 194 Å². The number of hydrogen-bond donors (Lipinski definition) is 0. The summed E-state index contributed by atoms with van der Waals surface area (Å²) in [6.07, 6.45) is 0. The predicted octanol–water partition coefficient (Wildman–Crippen LogP) is 17.7. The van der Waals surface area contributed by atoms with Crippen molar-refractivity contribution in [1.82, 2.24) is 0 Å². The largest absolute Gasteiger partial charge is 0.455 e. The lowest BCUT2D eigenvalue weighted by atomic mass is 9.93. The van der Waals surface area contributed by atoms with Crippen molar-refractivity contribution in [3.8, 4) is 55.8 Å². The molecule has 1 heterocycles. The lowest BCUT2D eigenvalue weighted by Crippen LogP contribution is -2.09. The summed E-state index contributed by atoms with van der Waals surface area (Å²) < 4.78 is 6.56. The lowest BCUT2D eigenvalue weighted by molar-refractivity contribution is 0.632. The van der Waals surface area contributed by atoms with Crippen LogP contribution in [0.15, 0.2) is 253 Å². The van der Waals surface area contributed by atoms with Gasteiger partial charge in [0.25, 0.3) is 0 Å². The van der Waals surface area contributed by atoms with Crippen molar-refractivity contribution in [2.24, 2.45) is 0 Å². The highest BCUT2D eigenvalue weighted by Gasteiger charge is 2.19. The van der Waals surface area contributed by atoms with E-state index >= 15 is 0 Å². The van der Waals surface area contributed by atoms with E-state index in [1.165, 1.54) is 49.0 Å². The Balaban J connectivity index is 0.868. The zero-order valence-corrected chi connectivity index (χ0v) is 35.0. The quantitative estimate of drug-likeness (QED) is 0.142. The fraction of sp³-hybridized carbons (Fsp3) is 0. The third-order valence-corrected chi connectivity index (χ3v) is 12.7. The molecule has 1 aromatic heterocycles. The van der Waals surface area contributed by atoms with Gasteiger partial charge >= 0.3 is 0 Å². The summed E-state index contributed by atoms with van der Waals surface area (Å²) in [5.74, 6) is 0.887. The van der Waals surface area contributed by atoms with Gasteiger partial charge in [-0.05, 0) is 126 Å². The van der Waals surface area contributed by atoms with E-state index in [2.05, 4.69) is 241 Å². The average molecular weight is 816 g/mol. The van der Waals surface area contributed by atoms with Crippen molar-refractivity contribution in [1.29, 1.82) is 0 Å². The van der Waals surface area contributed by atoms with Crippen LogP contribution in [0, 0.1) is 0 Å². The van der Waals surface area contributed by atoms with E-state index in [1.54, 1.807) is 0 Å². The topological polar surface area (TPSA) is 16.4 Å². The van der Waals surface area contributed by atoms with Gasteiger partial charge in [0.1, 0.15) is 11.3 Å². The molecular formula is C62H41NO. The minimum atomic E-state index is 0.887. The fourth-order valence-corrected chi connectivity index (χ4v) is 9.48. The van der Waals surface area contributed by atoms with Gasteiger partial charge in [0, 0.05) is 33.6 Å². The molecule has 0 aliphatic rings. The molecule has 11 aromatic carbocycles. The second kappa shape index (κ2) is 15.8. The molecular weight excluding hydrogens is 775 g/mol. The number of benzene rings is 11. The first kappa shape index (κ1) is 37.3. The number of anilines is 3. The van der Waals surface area contributed by atoms with Crippen molar-refractivity contribution in [3.05, 3.63) is 249 Å². The van der Waals surface area contributed by atoms with Crippen LogP contribution in [0.5, 0.6) is 0 Å². The molecule has 0 saturated carbocycles. The van der Waals surface area contributed by atoms with Crippen molar-refractivity contribution in [2.75, 3.05) is 4.90 Å². The maximum Gasteiger partial charge on any atom is 0.143 e. The number of rotatable bonds is 8. The van der Waals surface area contributed by atoms with Gasteiger partial charge in [-0.3, -0.25) is 0 Å². The van der Waals surface area contributed by atoms with E-state index in [-0.39, 0.29) is 0 Å². The normalized spacial score (nSPS) is 11.4. The summed E-state index contributed by atoms with van der Waals surface area (Å²) in [6.45, 7) is 0. The van der Waals surface area contributed by atoms with Crippen molar-refractivity contribution < 1.29 is 4.42 Å². The standard InChI is InChI=1S/C62H41NO/c1-2-14-47(15-3-1)61-58-23-10-11-24-60(58)64-62(61)51-19-12-18-48(39-51)45-27-25-43(26-28-45)44-29-34-52(35-30-44)63(54-38-31-42-13-4-5-16-49(42)40-54)53-36-32-46(33-37-53)59-41-50-17-6-7-20-55(50)56-21-8-9-22-57(56)59/h1-41H. The van der Waals surface area contributed by atoms with Gasteiger partial charge < -0.3 is 9.32 Å². The number of hydrogen-bond acceptors (Lipinski definition) is 2. The van der Waals surface area contributed by atoms with Crippen LogP contribution in [-0.2, 0) is 0 Å². The molecule has 2 heteroatoms. The molecule has 0 unspecified atom stereocenters. The van der Waals surface area contributed by atoms with E-state index in [1.807, 2.05) is 12.1 Å².